The first-order valence-electron chi connectivity index (χ1n) is 5.94. The Morgan fingerprint density at radius 1 is 1.44 bits per heavy atom. The van der Waals surface area contributed by atoms with Gasteiger partial charge in [0.05, 0.1) is 12.7 Å². The van der Waals surface area contributed by atoms with Gasteiger partial charge in [-0.25, -0.2) is 4.68 Å². The predicted molar refractivity (Wildman–Crippen MR) is 65.6 cm³/mol. The summed E-state index contributed by atoms with van der Waals surface area (Å²) >= 11 is 0. The van der Waals surface area contributed by atoms with E-state index < -0.39 is 0 Å². The van der Waals surface area contributed by atoms with Gasteiger partial charge in [-0.1, -0.05) is 13.8 Å². The van der Waals surface area contributed by atoms with Crippen LogP contribution in [0, 0.1) is 6.92 Å². The van der Waals surface area contributed by atoms with Crippen LogP contribution in [-0.2, 0) is 6.54 Å². The summed E-state index contributed by atoms with van der Waals surface area (Å²) in [6.45, 7) is 7.63. The summed E-state index contributed by atoms with van der Waals surface area (Å²) in [5.41, 5.74) is 0.889. The summed E-state index contributed by atoms with van der Waals surface area (Å²) in [5.74, 6) is 0. The molecule has 1 aromatic heterocycles. The molecule has 0 fully saturated rings. The highest BCUT2D eigenvalue weighted by atomic mass is 16.1. The van der Waals surface area contributed by atoms with E-state index in [9.17, 15) is 4.79 Å². The average molecular weight is 223 g/mol. The van der Waals surface area contributed by atoms with Gasteiger partial charge in [-0.15, -0.1) is 0 Å². The number of nitrogens with zero attached hydrogens (tertiary/aromatic N) is 2. The van der Waals surface area contributed by atoms with Gasteiger partial charge in [-0.2, -0.15) is 5.10 Å². The van der Waals surface area contributed by atoms with Crippen molar-refractivity contribution in [3.63, 3.8) is 0 Å². The lowest BCUT2D eigenvalue weighted by Gasteiger charge is -2.14. The van der Waals surface area contributed by atoms with Gasteiger partial charge in [-0.3, -0.25) is 4.79 Å². The number of hydrogen-bond acceptors (Lipinski definition) is 3. The third kappa shape index (κ3) is 3.77. The molecule has 1 aromatic rings. The minimum Gasteiger partial charge on any atom is -0.312 e. The molecule has 0 aliphatic rings. The molecule has 0 amide bonds. The Bertz CT molecular complexity index is 369. The molecule has 16 heavy (non-hydrogen) atoms. The number of nitrogens with one attached hydrogen (secondary N) is 1. The molecule has 1 heterocycles. The van der Waals surface area contributed by atoms with E-state index >= 15 is 0 Å². The van der Waals surface area contributed by atoms with E-state index in [0.717, 1.165) is 24.9 Å². The molecule has 0 radical (unpaired) electrons. The Hall–Kier alpha value is -1.16. The SMILES string of the molecule is CCC(CC)NCCn1ncc(C)cc1=O. The Labute approximate surface area is 96.7 Å². The van der Waals surface area contributed by atoms with Crippen LogP contribution in [0.1, 0.15) is 32.3 Å². The first kappa shape index (κ1) is 12.9. The lowest BCUT2D eigenvalue weighted by Crippen LogP contribution is -2.34. The van der Waals surface area contributed by atoms with E-state index in [4.69, 9.17) is 0 Å². The van der Waals surface area contributed by atoms with Crippen LogP contribution in [0.5, 0.6) is 0 Å². The van der Waals surface area contributed by atoms with Crippen LogP contribution in [0.2, 0.25) is 0 Å². The lowest BCUT2D eigenvalue weighted by molar-refractivity contribution is 0.447. The average Bonchev–Trinajstić information content (AvgIpc) is 2.27. The molecule has 0 saturated heterocycles. The highest BCUT2D eigenvalue weighted by molar-refractivity contribution is 5.02. The molecule has 0 unspecified atom stereocenters. The predicted octanol–water partition coefficient (Wildman–Crippen LogP) is 1.33. The van der Waals surface area contributed by atoms with Crippen LogP contribution >= 0.6 is 0 Å². The molecule has 0 bridgehead atoms. The molecule has 0 atom stereocenters. The molecular formula is C12H21N3O. The summed E-state index contributed by atoms with van der Waals surface area (Å²) in [4.78, 5) is 11.5. The second-order valence-electron chi connectivity index (χ2n) is 4.06. The quantitative estimate of drug-likeness (QED) is 0.791. The van der Waals surface area contributed by atoms with E-state index in [0.29, 0.717) is 12.6 Å². The van der Waals surface area contributed by atoms with Crippen LogP contribution in [0.25, 0.3) is 0 Å². The van der Waals surface area contributed by atoms with E-state index in [1.165, 1.54) is 4.68 Å². The second-order valence-corrected chi connectivity index (χ2v) is 4.06. The van der Waals surface area contributed by atoms with Crippen LogP contribution in [0.15, 0.2) is 17.1 Å². The maximum atomic E-state index is 11.5. The summed E-state index contributed by atoms with van der Waals surface area (Å²) in [6, 6.07) is 2.16. The van der Waals surface area contributed by atoms with Gasteiger partial charge < -0.3 is 5.32 Å². The normalized spacial score (nSPS) is 11.0. The number of hydrogen-bond donors (Lipinski definition) is 1. The number of rotatable bonds is 6. The number of aromatic nitrogens is 2. The topological polar surface area (TPSA) is 46.9 Å². The van der Waals surface area contributed by atoms with E-state index in [1.54, 1.807) is 12.3 Å². The third-order valence-corrected chi connectivity index (χ3v) is 2.75. The first-order chi connectivity index (χ1) is 7.67. The Kier molecular flexibility index (Phi) is 5.19. The zero-order chi connectivity index (χ0) is 12.0. The van der Waals surface area contributed by atoms with E-state index in [1.807, 2.05) is 6.92 Å². The minimum absolute atomic E-state index is 0.0219. The largest absolute Gasteiger partial charge is 0.312 e. The van der Waals surface area contributed by atoms with Gasteiger partial charge in [-0.05, 0) is 25.3 Å². The minimum atomic E-state index is -0.0219. The van der Waals surface area contributed by atoms with Gasteiger partial charge in [0.15, 0.2) is 0 Å². The summed E-state index contributed by atoms with van der Waals surface area (Å²) in [5, 5.41) is 7.50. The fourth-order valence-corrected chi connectivity index (χ4v) is 1.64. The molecule has 0 spiro atoms. The van der Waals surface area contributed by atoms with Crippen molar-refractivity contribution in [2.75, 3.05) is 6.54 Å². The number of aryl methyl sites for hydroxylation is 1. The van der Waals surface area contributed by atoms with Crippen molar-refractivity contribution >= 4 is 0 Å². The van der Waals surface area contributed by atoms with Crippen molar-refractivity contribution < 1.29 is 0 Å². The van der Waals surface area contributed by atoms with Crippen LogP contribution < -0.4 is 10.9 Å². The van der Waals surface area contributed by atoms with Crippen molar-refractivity contribution in [2.45, 2.75) is 46.2 Å². The maximum Gasteiger partial charge on any atom is 0.267 e. The Balaban J connectivity index is 2.46. The Morgan fingerprint density at radius 3 is 2.69 bits per heavy atom. The smallest absolute Gasteiger partial charge is 0.267 e. The summed E-state index contributed by atoms with van der Waals surface area (Å²) in [7, 11) is 0. The molecule has 0 aliphatic heterocycles. The standard InChI is InChI=1S/C12H21N3O/c1-4-11(5-2)13-6-7-15-12(16)8-10(3)9-14-15/h8-9,11,13H,4-7H2,1-3H3. The fraction of sp³-hybridized carbons (Fsp3) is 0.667. The molecular weight excluding hydrogens is 202 g/mol. The van der Waals surface area contributed by atoms with Crippen molar-refractivity contribution in [2.24, 2.45) is 0 Å². The van der Waals surface area contributed by atoms with Crippen molar-refractivity contribution in [1.82, 2.24) is 15.1 Å². The molecule has 0 aromatic carbocycles. The monoisotopic (exact) mass is 223 g/mol. The molecule has 1 rings (SSSR count). The molecule has 1 N–H and O–H groups in total. The van der Waals surface area contributed by atoms with Crippen LogP contribution in [0.4, 0.5) is 0 Å². The third-order valence-electron chi connectivity index (χ3n) is 2.75. The van der Waals surface area contributed by atoms with E-state index in [2.05, 4.69) is 24.3 Å². The molecule has 90 valence electrons. The first-order valence-corrected chi connectivity index (χ1v) is 5.94. The fourth-order valence-electron chi connectivity index (χ4n) is 1.64. The highest BCUT2D eigenvalue weighted by Crippen LogP contribution is 1.95. The second kappa shape index (κ2) is 6.43. The van der Waals surface area contributed by atoms with Crippen molar-refractivity contribution in [3.05, 3.63) is 28.2 Å². The zero-order valence-corrected chi connectivity index (χ0v) is 10.4. The summed E-state index contributed by atoms with van der Waals surface area (Å²) in [6.07, 6.45) is 3.96. The van der Waals surface area contributed by atoms with Gasteiger partial charge in [0.1, 0.15) is 0 Å². The molecule has 4 nitrogen and oxygen atoms in total. The van der Waals surface area contributed by atoms with Gasteiger partial charge >= 0.3 is 0 Å². The van der Waals surface area contributed by atoms with Gasteiger partial charge in [0.2, 0.25) is 0 Å². The summed E-state index contributed by atoms with van der Waals surface area (Å²) < 4.78 is 1.50. The van der Waals surface area contributed by atoms with Crippen LogP contribution in [-0.4, -0.2) is 22.4 Å². The molecule has 4 heteroatoms. The molecule has 0 aliphatic carbocycles. The van der Waals surface area contributed by atoms with E-state index in [-0.39, 0.29) is 5.56 Å². The Morgan fingerprint density at radius 2 is 2.12 bits per heavy atom. The van der Waals surface area contributed by atoms with Gasteiger partial charge in [0, 0.05) is 18.7 Å². The maximum absolute atomic E-state index is 11.5. The highest BCUT2D eigenvalue weighted by Gasteiger charge is 2.02. The van der Waals surface area contributed by atoms with Crippen LogP contribution in [0.3, 0.4) is 0 Å². The lowest BCUT2D eigenvalue weighted by atomic mass is 10.2. The molecule has 0 saturated carbocycles. The van der Waals surface area contributed by atoms with Crippen molar-refractivity contribution in [1.29, 1.82) is 0 Å². The van der Waals surface area contributed by atoms with Gasteiger partial charge in [0.25, 0.3) is 5.56 Å². The zero-order valence-electron chi connectivity index (χ0n) is 10.4. The van der Waals surface area contributed by atoms with Crippen molar-refractivity contribution in [3.8, 4) is 0 Å².